The molecule has 3 aliphatic carbocycles. The van der Waals surface area contributed by atoms with Crippen molar-refractivity contribution in [1.82, 2.24) is 4.90 Å². The maximum absolute atomic E-state index is 13.8. The number of likely N-dealkylation sites (tertiary alicyclic amines) is 1. The second-order valence-electron chi connectivity index (χ2n) is 10.4. The Balaban J connectivity index is 1.12. The van der Waals surface area contributed by atoms with Crippen molar-refractivity contribution < 1.29 is 19.1 Å². The number of nitrogens with zero attached hydrogens (tertiary/aromatic N) is 1. The van der Waals surface area contributed by atoms with Crippen molar-refractivity contribution in [2.24, 2.45) is 11.8 Å². The zero-order valence-corrected chi connectivity index (χ0v) is 23.3. The standard InChI is InChI=1S/C31H26Cl3NO4/c32-20-15-13-19(14-16-20)18-39-25(36)12-2-1-7-17-35-28(37)26-27(29(35)38)31(34)22-9-4-3-8-21(22)30(26,33)23-10-5-6-11-24(23)31/h3-6,8-11,13-16,26-27H,1-2,7,12,17-18H2/t26-,27-,30?,31?/m1/s1. The highest BCUT2D eigenvalue weighted by atomic mass is 35.5. The van der Waals surface area contributed by atoms with E-state index in [1.807, 2.05) is 60.7 Å². The lowest BCUT2D eigenvalue weighted by atomic mass is 9.54. The lowest BCUT2D eigenvalue weighted by molar-refractivity contribution is -0.145. The van der Waals surface area contributed by atoms with Gasteiger partial charge in [-0.2, -0.15) is 0 Å². The highest BCUT2D eigenvalue weighted by Crippen LogP contribution is 2.69. The van der Waals surface area contributed by atoms with Gasteiger partial charge in [0.2, 0.25) is 11.8 Å². The summed E-state index contributed by atoms with van der Waals surface area (Å²) in [6, 6.07) is 22.4. The Morgan fingerprint density at radius 2 is 1.23 bits per heavy atom. The number of rotatable bonds is 8. The smallest absolute Gasteiger partial charge is 0.306 e. The van der Waals surface area contributed by atoms with Gasteiger partial charge < -0.3 is 4.74 Å². The molecule has 1 saturated heterocycles. The fourth-order valence-electron chi connectivity index (χ4n) is 6.48. The average Bonchev–Trinajstić information content (AvgIpc) is 3.21. The van der Waals surface area contributed by atoms with Crippen LogP contribution in [-0.4, -0.2) is 29.2 Å². The van der Waals surface area contributed by atoms with Crippen LogP contribution in [0, 0.1) is 11.8 Å². The van der Waals surface area contributed by atoms with E-state index < -0.39 is 21.6 Å². The molecule has 3 aromatic carbocycles. The number of carbonyl (C=O) groups is 3. The highest BCUT2D eigenvalue weighted by Gasteiger charge is 2.72. The number of hydrogen-bond donors (Lipinski definition) is 0. The maximum Gasteiger partial charge on any atom is 0.306 e. The summed E-state index contributed by atoms with van der Waals surface area (Å²) in [5.41, 5.74) is 4.04. The number of ether oxygens (including phenoxy) is 1. The third-order valence-corrected chi connectivity index (χ3v) is 9.79. The van der Waals surface area contributed by atoms with E-state index in [2.05, 4.69) is 0 Å². The second-order valence-corrected chi connectivity index (χ2v) is 12.0. The molecule has 1 aliphatic heterocycles. The molecule has 0 N–H and O–H groups in total. The first-order chi connectivity index (χ1) is 18.8. The first-order valence-electron chi connectivity index (χ1n) is 13.1. The molecule has 7 rings (SSSR count). The molecule has 2 atom stereocenters. The van der Waals surface area contributed by atoms with Gasteiger partial charge in [0.05, 0.1) is 11.8 Å². The summed E-state index contributed by atoms with van der Waals surface area (Å²) >= 11 is 20.7. The molecule has 0 saturated carbocycles. The van der Waals surface area contributed by atoms with Gasteiger partial charge in [-0.05, 0) is 52.8 Å². The Bertz CT molecular complexity index is 1350. The molecular formula is C31H26Cl3NO4. The first kappa shape index (κ1) is 26.4. The molecular weight excluding hydrogens is 557 g/mol. The van der Waals surface area contributed by atoms with Crippen LogP contribution in [0.5, 0.6) is 0 Å². The van der Waals surface area contributed by atoms with Crippen LogP contribution in [0.3, 0.4) is 0 Å². The summed E-state index contributed by atoms with van der Waals surface area (Å²) < 4.78 is 5.33. The second kappa shape index (κ2) is 9.96. The first-order valence-corrected chi connectivity index (χ1v) is 14.2. The third-order valence-electron chi connectivity index (χ3n) is 8.25. The number of esters is 1. The van der Waals surface area contributed by atoms with Gasteiger partial charge >= 0.3 is 5.97 Å². The van der Waals surface area contributed by atoms with Crippen LogP contribution in [0.2, 0.25) is 5.02 Å². The van der Waals surface area contributed by atoms with E-state index in [9.17, 15) is 14.4 Å². The van der Waals surface area contributed by atoms with Crippen LogP contribution < -0.4 is 0 Å². The molecule has 200 valence electrons. The van der Waals surface area contributed by atoms with Crippen molar-refractivity contribution in [2.45, 2.75) is 42.0 Å². The van der Waals surface area contributed by atoms with Crippen molar-refractivity contribution in [3.8, 4) is 0 Å². The fraction of sp³-hybridized carbons (Fsp3) is 0.323. The predicted octanol–water partition coefficient (Wildman–Crippen LogP) is 6.54. The Morgan fingerprint density at radius 1 is 0.744 bits per heavy atom. The van der Waals surface area contributed by atoms with Crippen molar-refractivity contribution in [3.63, 3.8) is 0 Å². The molecule has 0 radical (unpaired) electrons. The molecule has 8 heteroatoms. The molecule has 4 aliphatic rings. The zero-order chi connectivity index (χ0) is 27.4. The van der Waals surface area contributed by atoms with E-state index in [-0.39, 0.29) is 37.4 Å². The Kier molecular flexibility index (Phi) is 6.73. The molecule has 1 heterocycles. The van der Waals surface area contributed by atoms with E-state index in [0.717, 1.165) is 27.8 Å². The van der Waals surface area contributed by atoms with Crippen LogP contribution in [0.15, 0.2) is 72.8 Å². The number of benzene rings is 3. The number of amides is 2. The monoisotopic (exact) mass is 581 g/mol. The van der Waals surface area contributed by atoms with Crippen molar-refractivity contribution in [2.75, 3.05) is 6.54 Å². The van der Waals surface area contributed by atoms with Gasteiger partial charge in [-0.1, -0.05) is 78.7 Å². The van der Waals surface area contributed by atoms with Gasteiger partial charge in [-0.15, -0.1) is 23.2 Å². The number of alkyl halides is 2. The number of carbonyl (C=O) groups excluding carboxylic acids is 3. The Morgan fingerprint density at radius 3 is 1.72 bits per heavy atom. The van der Waals surface area contributed by atoms with E-state index in [0.29, 0.717) is 24.3 Å². The topological polar surface area (TPSA) is 63.7 Å². The minimum absolute atomic E-state index is 0.195. The molecule has 2 bridgehead atoms. The van der Waals surface area contributed by atoms with Crippen molar-refractivity contribution in [1.29, 1.82) is 0 Å². The van der Waals surface area contributed by atoms with Crippen LogP contribution in [0.25, 0.3) is 0 Å². The normalized spacial score (nSPS) is 26.3. The Labute approximate surface area is 242 Å². The molecule has 5 nitrogen and oxygen atoms in total. The SMILES string of the molecule is O=C(CCCCCN1C(=O)[C@H]2[C@H](C1=O)C1(Cl)c3ccccc3C2(Cl)c2ccccc21)OCc1ccc(Cl)cc1. The molecule has 2 amide bonds. The molecule has 39 heavy (non-hydrogen) atoms. The summed E-state index contributed by atoms with van der Waals surface area (Å²) in [4.78, 5) is 38.8. The van der Waals surface area contributed by atoms with Gasteiger partial charge in [0.15, 0.2) is 0 Å². The maximum atomic E-state index is 13.8. The minimum atomic E-state index is -1.16. The van der Waals surface area contributed by atoms with Crippen molar-refractivity contribution in [3.05, 3.63) is 106 Å². The number of hydrogen-bond acceptors (Lipinski definition) is 4. The lowest BCUT2D eigenvalue weighted by Crippen LogP contribution is -2.57. The fourth-order valence-corrected chi connectivity index (χ4v) is 7.70. The third kappa shape index (κ3) is 4.01. The summed E-state index contributed by atoms with van der Waals surface area (Å²) in [5.74, 6) is -2.41. The molecule has 0 spiro atoms. The zero-order valence-electron chi connectivity index (χ0n) is 21.0. The number of halogens is 3. The summed E-state index contributed by atoms with van der Waals surface area (Å²) in [5, 5.41) is 0.628. The van der Waals surface area contributed by atoms with E-state index in [1.165, 1.54) is 4.90 Å². The number of unbranched alkanes of at least 4 members (excludes halogenated alkanes) is 2. The summed E-state index contributed by atoms with van der Waals surface area (Å²) in [6.45, 7) is 0.456. The van der Waals surface area contributed by atoms with Crippen LogP contribution >= 0.6 is 34.8 Å². The molecule has 3 aromatic rings. The van der Waals surface area contributed by atoms with Crippen molar-refractivity contribution >= 4 is 52.6 Å². The highest BCUT2D eigenvalue weighted by molar-refractivity contribution is 6.36. The van der Waals surface area contributed by atoms with Gasteiger partial charge in [0, 0.05) is 18.0 Å². The Hall–Kier alpha value is -2.86. The number of imide groups is 1. The largest absolute Gasteiger partial charge is 0.461 e. The van der Waals surface area contributed by atoms with E-state index >= 15 is 0 Å². The van der Waals surface area contributed by atoms with Crippen LogP contribution in [0.1, 0.15) is 53.5 Å². The summed E-state index contributed by atoms with van der Waals surface area (Å²) in [6.07, 6.45) is 2.10. The average molecular weight is 583 g/mol. The molecule has 0 aromatic heterocycles. The van der Waals surface area contributed by atoms with E-state index in [4.69, 9.17) is 39.5 Å². The molecule has 0 unspecified atom stereocenters. The minimum Gasteiger partial charge on any atom is -0.461 e. The van der Waals surface area contributed by atoms with Crippen LogP contribution in [0.4, 0.5) is 0 Å². The quantitative estimate of drug-likeness (QED) is 0.131. The molecule has 1 fully saturated rings. The van der Waals surface area contributed by atoms with Gasteiger partial charge in [0.25, 0.3) is 0 Å². The summed E-state index contributed by atoms with van der Waals surface area (Å²) in [7, 11) is 0. The van der Waals surface area contributed by atoms with E-state index in [1.54, 1.807) is 12.1 Å². The predicted molar refractivity (Wildman–Crippen MR) is 150 cm³/mol. The lowest BCUT2D eigenvalue weighted by Gasteiger charge is -2.54. The van der Waals surface area contributed by atoms with Gasteiger partial charge in [-0.3, -0.25) is 19.3 Å². The van der Waals surface area contributed by atoms with Crippen LogP contribution in [-0.2, 0) is 35.5 Å². The van der Waals surface area contributed by atoms with Gasteiger partial charge in [0.1, 0.15) is 16.4 Å². The van der Waals surface area contributed by atoms with Gasteiger partial charge in [-0.25, -0.2) is 0 Å².